The van der Waals surface area contributed by atoms with Gasteiger partial charge in [-0.3, -0.25) is 9.59 Å². The van der Waals surface area contributed by atoms with Crippen LogP contribution in [-0.2, 0) is 9.59 Å². The second-order valence-corrected chi connectivity index (χ2v) is 5.27. The van der Waals surface area contributed by atoms with Crippen molar-refractivity contribution >= 4 is 18.0 Å². The summed E-state index contributed by atoms with van der Waals surface area (Å²) in [6.07, 6.45) is 5.25. The van der Waals surface area contributed by atoms with Crippen LogP contribution in [-0.4, -0.2) is 23.5 Å². The van der Waals surface area contributed by atoms with Crippen molar-refractivity contribution in [3.8, 4) is 0 Å². The van der Waals surface area contributed by atoms with Crippen LogP contribution >= 0.6 is 0 Å². The molecule has 0 heterocycles. The number of carboxylic acids is 1. The Labute approximate surface area is 122 Å². The fraction of sp³-hybridized carbons (Fsp3) is 0.375. The summed E-state index contributed by atoms with van der Waals surface area (Å²) in [5, 5.41) is 11.8. The van der Waals surface area contributed by atoms with Crippen molar-refractivity contribution in [2.45, 2.75) is 19.3 Å². The zero-order valence-corrected chi connectivity index (χ0v) is 11.6. The molecule has 1 aromatic carbocycles. The summed E-state index contributed by atoms with van der Waals surface area (Å²) in [6, 6.07) is 5.94. The smallest absolute Gasteiger partial charge is 0.306 e. The minimum Gasteiger partial charge on any atom is -0.481 e. The summed E-state index contributed by atoms with van der Waals surface area (Å²) < 4.78 is 13.0. The Kier molecular flexibility index (Phi) is 5.09. The standard InChI is InChI=1S/C16H18FNO3/c17-13-5-1-3-11(9-13)7-8-15(19)18-10-12-4-2-6-14(12)16(20)21/h1,3,5,7-9,12,14H,2,4,6,10H2,(H,18,19)(H,20,21). The third-order valence-corrected chi connectivity index (χ3v) is 3.79. The van der Waals surface area contributed by atoms with Gasteiger partial charge in [0.15, 0.2) is 0 Å². The number of benzene rings is 1. The summed E-state index contributed by atoms with van der Waals surface area (Å²) in [4.78, 5) is 22.7. The molecular weight excluding hydrogens is 273 g/mol. The second kappa shape index (κ2) is 7.02. The monoisotopic (exact) mass is 291 g/mol. The van der Waals surface area contributed by atoms with Crippen LogP contribution in [0.2, 0.25) is 0 Å². The molecule has 4 nitrogen and oxygen atoms in total. The van der Waals surface area contributed by atoms with E-state index in [1.165, 1.54) is 24.3 Å². The van der Waals surface area contributed by atoms with Gasteiger partial charge in [0.2, 0.25) is 5.91 Å². The highest BCUT2D eigenvalue weighted by molar-refractivity contribution is 5.91. The molecule has 1 amide bonds. The number of carboxylic acid groups (broad SMARTS) is 1. The van der Waals surface area contributed by atoms with E-state index in [1.807, 2.05) is 0 Å². The van der Waals surface area contributed by atoms with Crippen LogP contribution in [0.15, 0.2) is 30.3 Å². The highest BCUT2D eigenvalue weighted by Crippen LogP contribution is 2.31. The number of halogens is 1. The van der Waals surface area contributed by atoms with E-state index in [9.17, 15) is 14.0 Å². The molecule has 0 bridgehead atoms. The molecule has 2 atom stereocenters. The van der Waals surface area contributed by atoms with Gasteiger partial charge in [0.1, 0.15) is 5.82 Å². The van der Waals surface area contributed by atoms with Gasteiger partial charge in [-0.15, -0.1) is 0 Å². The maximum atomic E-state index is 13.0. The number of rotatable bonds is 5. The summed E-state index contributed by atoms with van der Waals surface area (Å²) in [5.74, 6) is -1.81. The molecule has 2 rings (SSSR count). The first-order valence-electron chi connectivity index (χ1n) is 7.00. The fourth-order valence-electron chi connectivity index (χ4n) is 2.68. The van der Waals surface area contributed by atoms with Crippen LogP contribution in [0.3, 0.4) is 0 Å². The maximum absolute atomic E-state index is 13.0. The van der Waals surface area contributed by atoms with Crippen molar-refractivity contribution in [1.82, 2.24) is 5.32 Å². The topological polar surface area (TPSA) is 66.4 Å². The van der Waals surface area contributed by atoms with Crippen molar-refractivity contribution in [3.63, 3.8) is 0 Å². The number of hydrogen-bond acceptors (Lipinski definition) is 2. The van der Waals surface area contributed by atoms with Gasteiger partial charge in [-0.1, -0.05) is 18.6 Å². The predicted molar refractivity (Wildman–Crippen MR) is 76.9 cm³/mol. The van der Waals surface area contributed by atoms with E-state index < -0.39 is 5.97 Å². The largest absolute Gasteiger partial charge is 0.481 e. The van der Waals surface area contributed by atoms with E-state index >= 15 is 0 Å². The van der Waals surface area contributed by atoms with Crippen LogP contribution in [0.1, 0.15) is 24.8 Å². The Morgan fingerprint density at radius 2 is 2.19 bits per heavy atom. The molecule has 2 unspecified atom stereocenters. The fourth-order valence-corrected chi connectivity index (χ4v) is 2.68. The van der Waals surface area contributed by atoms with Gasteiger partial charge >= 0.3 is 5.97 Å². The van der Waals surface area contributed by atoms with Crippen LogP contribution in [0.4, 0.5) is 4.39 Å². The molecule has 1 saturated carbocycles. The van der Waals surface area contributed by atoms with Crippen LogP contribution in [0.5, 0.6) is 0 Å². The average molecular weight is 291 g/mol. The van der Waals surface area contributed by atoms with Crippen molar-refractivity contribution in [2.24, 2.45) is 11.8 Å². The number of carbonyl (C=O) groups excluding carboxylic acids is 1. The van der Waals surface area contributed by atoms with E-state index in [4.69, 9.17) is 5.11 Å². The first-order chi connectivity index (χ1) is 10.1. The Bertz CT molecular complexity index is 556. The molecule has 0 spiro atoms. The summed E-state index contributed by atoms with van der Waals surface area (Å²) in [5.41, 5.74) is 0.606. The molecule has 1 aliphatic rings. The highest BCUT2D eigenvalue weighted by Gasteiger charge is 2.32. The normalized spacial score (nSPS) is 21.6. The second-order valence-electron chi connectivity index (χ2n) is 5.27. The van der Waals surface area contributed by atoms with E-state index in [-0.39, 0.29) is 23.6 Å². The molecule has 1 aromatic rings. The average Bonchev–Trinajstić information content (AvgIpc) is 2.91. The molecule has 0 aromatic heterocycles. The molecule has 1 aliphatic carbocycles. The van der Waals surface area contributed by atoms with Gasteiger partial charge in [0.05, 0.1) is 5.92 Å². The van der Waals surface area contributed by atoms with E-state index in [0.717, 1.165) is 12.8 Å². The summed E-state index contributed by atoms with van der Waals surface area (Å²) >= 11 is 0. The Hall–Kier alpha value is -2.17. The summed E-state index contributed by atoms with van der Waals surface area (Å²) in [6.45, 7) is 0.364. The predicted octanol–water partition coefficient (Wildman–Crippen LogP) is 2.46. The third kappa shape index (κ3) is 4.41. The van der Waals surface area contributed by atoms with Gasteiger partial charge in [-0.05, 0) is 42.5 Å². The zero-order valence-electron chi connectivity index (χ0n) is 11.6. The van der Waals surface area contributed by atoms with Crippen molar-refractivity contribution in [3.05, 3.63) is 41.7 Å². The lowest BCUT2D eigenvalue weighted by atomic mass is 9.96. The van der Waals surface area contributed by atoms with Gasteiger partial charge in [-0.25, -0.2) is 4.39 Å². The third-order valence-electron chi connectivity index (χ3n) is 3.79. The van der Waals surface area contributed by atoms with Crippen molar-refractivity contribution in [2.75, 3.05) is 6.54 Å². The van der Waals surface area contributed by atoms with E-state index in [0.29, 0.717) is 18.5 Å². The molecule has 0 saturated heterocycles. The van der Waals surface area contributed by atoms with Crippen LogP contribution in [0, 0.1) is 17.7 Å². The van der Waals surface area contributed by atoms with Crippen LogP contribution in [0.25, 0.3) is 6.08 Å². The lowest BCUT2D eigenvalue weighted by Crippen LogP contribution is -2.32. The quantitative estimate of drug-likeness (QED) is 0.819. The number of hydrogen-bond donors (Lipinski definition) is 2. The van der Waals surface area contributed by atoms with Gasteiger partial charge < -0.3 is 10.4 Å². The molecule has 0 aliphatic heterocycles. The minimum absolute atomic E-state index is 0.00554. The maximum Gasteiger partial charge on any atom is 0.306 e. The van der Waals surface area contributed by atoms with Gasteiger partial charge in [0.25, 0.3) is 0 Å². The van der Waals surface area contributed by atoms with Gasteiger partial charge in [0, 0.05) is 12.6 Å². The molecule has 21 heavy (non-hydrogen) atoms. The lowest BCUT2D eigenvalue weighted by molar-refractivity contribution is -0.143. The number of carbonyl (C=O) groups is 2. The van der Waals surface area contributed by atoms with Crippen molar-refractivity contribution in [1.29, 1.82) is 0 Å². The minimum atomic E-state index is -0.790. The molecule has 2 N–H and O–H groups in total. The van der Waals surface area contributed by atoms with Gasteiger partial charge in [-0.2, -0.15) is 0 Å². The number of nitrogens with one attached hydrogen (secondary N) is 1. The first kappa shape index (κ1) is 15.2. The Morgan fingerprint density at radius 3 is 2.90 bits per heavy atom. The number of amides is 1. The molecule has 5 heteroatoms. The molecule has 0 radical (unpaired) electrons. The number of aliphatic carboxylic acids is 1. The summed E-state index contributed by atoms with van der Waals surface area (Å²) in [7, 11) is 0. The van der Waals surface area contributed by atoms with E-state index in [1.54, 1.807) is 12.1 Å². The molecular formula is C16H18FNO3. The van der Waals surface area contributed by atoms with Crippen LogP contribution < -0.4 is 5.32 Å². The molecule has 1 fully saturated rings. The highest BCUT2D eigenvalue weighted by atomic mass is 19.1. The first-order valence-corrected chi connectivity index (χ1v) is 7.00. The Balaban J connectivity index is 1.83. The SMILES string of the molecule is O=C(C=Cc1cccc(F)c1)NCC1CCCC1C(=O)O. The Morgan fingerprint density at radius 1 is 1.38 bits per heavy atom. The zero-order chi connectivity index (χ0) is 15.2. The molecule has 112 valence electrons. The van der Waals surface area contributed by atoms with E-state index in [2.05, 4.69) is 5.32 Å². The lowest BCUT2D eigenvalue weighted by Gasteiger charge is -2.15. The van der Waals surface area contributed by atoms with Crippen molar-refractivity contribution < 1.29 is 19.1 Å².